The fourth-order valence-electron chi connectivity index (χ4n) is 1.57. The molecule has 0 aromatic carbocycles. The van der Waals surface area contributed by atoms with Gasteiger partial charge < -0.3 is 16.0 Å². The molecule has 0 bridgehead atoms. The molecule has 1 saturated carbocycles. The number of anilines is 2. The summed E-state index contributed by atoms with van der Waals surface area (Å²) in [4.78, 5) is 21.5. The predicted octanol–water partition coefficient (Wildman–Crippen LogP) is 0.0820. The lowest BCUT2D eigenvalue weighted by Crippen LogP contribution is -2.36. The van der Waals surface area contributed by atoms with E-state index in [9.17, 15) is 4.79 Å². The summed E-state index contributed by atoms with van der Waals surface area (Å²) in [7, 11) is 1.81. The highest BCUT2D eigenvalue weighted by atomic mass is 16.2. The van der Waals surface area contributed by atoms with E-state index < -0.39 is 0 Å². The molecule has 6 nitrogen and oxygen atoms in total. The number of carbonyl (C=O) groups is 1. The highest BCUT2D eigenvalue weighted by molar-refractivity contribution is 5.81. The Balaban J connectivity index is 1.97. The SMILES string of the molecule is Cc1cc(N(C)CC(=O)NC2CC2)nc(N)n1. The Morgan fingerprint density at radius 3 is 2.88 bits per heavy atom. The number of nitrogens with two attached hydrogens (primary N) is 1. The van der Waals surface area contributed by atoms with Crippen LogP contribution in [0.4, 0.5) is 11.8 Å². The van der Waals surface area contributed by atoms with Crippen LogP contribution in [-0.4, -0.2) is 35.5 Å². The van der Waals surface area contributed by atoms with Crippen molar-refractivity contribution in [3.8, 4) is 0 Å². The summed E-state index contributed by atoms with van der Waals surface area (Å²) in [5.74, 6) is 0.917. The molecule has 6 heteroatoms. The zero-order valence-electron chi connectivity index (χ0n) is 10.1. The standard InChI is InChI=1S/C11H17N5O/c1-7-5-9(15-11(12)13-7)16(2)6-10(17)14-8-3-4-8/h5,8H,3-4,6H2,1-2H3,(H,14,17)(H2,12,13,15). The minimum absolute atomic E-state index is 0.0184. The van der Waals surface area contributed by atoms with Gasteiger partial charge in [-0.15, -0.1) is 0 Å². The largest absolute Gasteiger partial charge is 0.368 e. The first-order valence-corrected chi connectivity index (χ1v) is 5.66. The van der Waals surface area contributed by atoms with E-state index in [0.29, 0.717) is 11.9 Å². The van der Waals surface area contributed by atoms with E-state index in [0.717, 1.165) is 18.5 Å². The molecule has 92 valence electrons. The van der Waals surface area contributed by atoms with E-state index >= 15 is 0 Å². The molecule has 1 aromatic rings. The molecule has 1 heterocycles. The molecule has 2 rings (SSSR count). The second-order valence-electron chi connectivity index (χ2n) is 4.42. The number of nitrogens with zero attached hydrogens (tertiary/aromatic N) is 3. The summed E-state index contributed by atoms with van der Waals surface area (Å²) in [5, 5.41) is 2.93. The van der Waals surface area contributed by atoms with Gasteiger partial charge in [-0.1, -0.05) is 0 Å². The first-order chi connectivity index (χ1) is 8.04. The van der Waals surface area contributed by atoms with Crippen LogP contribution >= 0.6 is 0 Å². The molecule has 1 aliphatic rings. The lowest BCUT2D eigenvalue weighted by molar-refractivity contribution is -0.119. The first kappa shape index (κ1) is 11.6. The summed E-state index contributed by atoms with van der Waals surface area (Å²) in [6.45, 7) is 2.13. The smallest absolute Gasteiger partial charge is 0.239 e. The third kappa shape index (κ3) is 3.30. The van der Waals surface area contributed by atoms with Crippen LogP contribution in [-0.2, 0) is 4.79 Å². The molecule has 0 radical (unpaired) electrons. The van der Waals surface area contributed by atoms with E-state index in [1.165, 1.54) is 0 Å². The average Bonchev–Trinajstić information content (AvgIpc) is 2.99. The molecular formula is C11H17N5O. The van der Waals surface area contributed by atoms with Crippen molar-refractivity contribution in [3.05, 3.63) is 11.8 Å². The lowest BCUT2D eigenvalue weighted by Gasteiger charge is -2.18. The molecule has 0 unspecified atom stereocenters. The van der Waals surface area contributed by atoms with Gasteiger partial charge >= 0.3 is 0 Å². The van der Waals surface area contributed by atoms with E-state index in [1.54, 1.807) is 11.0 Å². The molecule has 0 atom stereocenters. The van der Waals surface area contributed by atoms with Gasteiger partial charge in [-0.3, -0.25) is 4.79 Å². The Bertz CT molecular complexity index is 410. The number of rotatable bonds is 4. The van der Waals surface area contributed by atoms with Gasteiger partial charge in [0.2, 0.25) is 11.9 Å². The molecule has 0 saturated heterocycles. The normalized spacial score (nSPS) is 14.5. The van der Waals surface area contributed by atoms with Crippen LogP contribution in [0.3, 0.4) is 0 Å². The maximum atomic E-state index is 11.6. The number of aromatic nitrogens is 2. The van der Waals surface area contributed by atoms with E-state index in [4.69, 9.17) is 5.73 Å². The number of hydrogen-bond acceptors (Lipinski definition) is 5. The number of carbonyl (C=O) groups excluding carboxylic acids is 1. The summed E-state index contributed by atoms with van der Waals surface area (Å²) < 4.78 is 0. The van der Waals surface area contributed by atoms with Crippen molar-refractivity contribution in [2.45, 2.75) is 25.8 Å². The number of aryl methyl sites for hydroxylation is 1. The van der Waals surface area contributed by atoms with Crippen LogP contribution in [0.5, 0.6) is 0 Å². The van der Waals surface area contributed by atoms with Gasteiger partial charge in [0.25, 0.3) is 0 Å². The third-order valence-electron chi connectivity index (χ3n) is 2.57. The maximum absolute atomic E-state index is 11.6. The van der Waals surface area contributed by atoms with E-state index in [-0.39, 0.29) is 18.4 Å². The van der Waals surface area contributed by atoms with Gasteiger partial charge in [-0.05, 0) is 19.8 Å². The molecule has 1 aromatic heterocycles. The Kier molecular flexibility index (Phi) is 3.12. The fourth-order valence-corrected chi connectivity index (χ4v) is 1.57. The van der Waals surface area contributed by atoms with Gasteiger partial charge in [0.1, 0.15) is 5.82 Å². The summed E-state index contributed by atoms with van der Waals surface area (Å²) in [5.41, 5.74) is 6.36. The molecule has 1 aliphatic carbocycles. The maximum Gasteiger partial charge on any atom is 0.239 e. The Morgan fingerprint density at radius 2 is 2.29 bits per heavy atom. The number of nitrogens with one attached hydrogen (secondary N) is 1. The van der Waals surface area contributed by atoms with Crippen molar-refractivity contribution in [1.29, 1.82) is 0 Å². The van der Waals surface area contributed by atoms with E-state index in [2.05, 4.69) is 15.3 Å². The van der Waals surface area contributed by atoms with Crippen LogP contribution in [0.25, 0.3) is 0 Å². The number of hydrogen-bond donors (Lipinski definition) is 2. The minimum atomic E-state index is 0.0184. The van der Waals surface area contributed by atoms with Crippen LogP contribution in [0, 0.1) is 6.92 Å². The number of nitrogen functional groups attached to an aromatic ring is 1. The molecule has 3 N–H and O–H groups in total. The quantitative estimate of drug-likeness (QED) is 0.772. The molecular weight excluding hydrogens is 218 g/mol. The van der Waals surface area contributed by atoms with Crippen molar-refractivity contribution in [1.82, 2.24) is 15.3 Å². The number of likely N-dealkylation sites (N-methyl/N-ethyl adjacent to an activating group) is 1. The summed E-state index contributed by atoms with van der Waals surface area (Å²) in [6, 6.07) is 2.19. The van der Waals surface area contributed by atoms with Gasteiger partial charge in [-0.2, -0.15) is 4.98 Å². The Morgan fingerprint density at radius 1 is 1.59 bits per heavy atom. The van der Waals surface area contributed by atoms with Gasteiger partial charge in [0.05, 0.1) is 6.54 Å². The first-order valence-electron chi connectivity index (χ1n) is 5.66. The van der Waals surface area contributed by atoms with Crippen molar-refractivity contribution in [2.75, 3.05) is 24.2 Å². The minimum Gasteiger partial charge on any atom is -0.368 e. The van der Waals surface area contributed by atoms with Gasteiger partial charge in [-0.25, -0.2) is 4.98 Å². The number of amides is 1. The van der Waals surface area contributed by atoms with Crippen molar-refractivity contribution in [3.63, 3.8) is 0 Å². The topological polar surface area (TPSA) is 84.1 Å². The predicted molar refractivity (Wildman–Crippen MR) is 65.6 cm³/mol. The van der Waals surface area contributed by atoms with Crippen LogP contribution in [0.1, 0.15) is 18.5 Å². The van der Waals surface area contributed by atoms with Crippen LogP contribution < -0.4 is 16.0 Å². The Labute approximate surface area is 100 Å². The Hall–Kier alpha value is -1.85. The zero-order valence-corrected chi connectivity index (χ0v) is 10.1. The second-order valence-corrected chi connectivity index (χ2v) is 4.42. The molecule has 17 heavy (non-hydrogen) atoms. The van der Waals surface area contributed by atoms with Crippen LogP contribution in [0.15, 0.2) is 6.07 Å². The fraction of sp³-hybridized carbons (Fsp3) is 0.545. The lowest BCUT2D eigenvalue weighted by atomic mass is 10.4. The molecule has 1 amide bonds. The third-order valence-corrected chi connectivity index (χ3v) is 2.57. The molecule has 0 aliphatic heterocycles. The second kappa shape index (κ2) is 4.57. The average molecular weight is 235 g/mol. The van der Waals surface area contributed by atoms with Crippen molar-refractivity contribution in [2.24, 2.45) is 0 Å². The van der Waals surface area contributed by atoms with Gasteiger partial charge in [0, 0.05) is 24.8 Å². The van der Waals surface area contributed by atoms with E-state index in [1.807, 2.05) is 14.0 Å². The molecule has 1 fully saturated rings. The van der Waals surface area contributed by atoms with Gasteiger partial charge in [0.15, 0.2) is 0 Å². The van der Waals surface area contributed by atoms with Crippen LogP contribution in [0.2, 0.25) is 0 Å². The molecule has 0 spiro atoms. The summed E-state index contributed by atoms with van der Waals surface area (Å²) >= 11 is 0. The summed E-state index contributed by atoms with van der Waals surface area (Å²) in [6.07, 6.45) is 2.18. The highest BCUT2D eigenvalue weighted by Crippen LogP contribution is 2.18. The van der Waals surface area contributed by atoms with Crippen molar-refractivity contribution >= 4 is 17.7 Å². The monoisotopic (exact) mass is 235 g/mol. The highest BCUT2D eigenvalue weighted by Gasteiger charge is 2.23. The van der Waals surface area contributed by atoms with Crippen molar-refractivity contribution < 1.29 is 4.79 Å². The zero-order chi connectivity index (χ0) is 12.4.